The number of carboxylic acid groups (broad SMARTS) is 1. The van der Waals surface area contributed by atoms with Crippen LogP contribution >= 0.6 is 0 Å². The zero-order valence-electron chi connectivity index (χ0n) is 19.6. The molecule has 0 saturated heterocycles. The number of fused-ring (bicyclic) bond motifs is 1. The summed E-state index contributed by atoms with van der Waals surface area (Å²) < 4.78 is 0. The molecule has 36 heavy (non-hydrogen) atoms. The van der Waals surface area contributed by atoms with Crippen LogP contribution in [0.15, 0.2) is 84.0 Å². The van der Waals surface area contributed by atoms with Crippen LogP contribution < -0.4 is 16.5 Å². The molecule has 0 aliphatic carbocycles. The number of benzene rings is 3. The molecular formula is C27H27N5O4. The van der Waals surface area contributed by atoms with E-state index in [1.54, 1.807) is 53.4 Å². The van der Waals surface area contributed by atoms with Crippen LogP contribution in [0.2, 0.25) is 0 Å². The molecule has 0 saturated carbocycles. The number of rotatable bonds is 7. The normalized spacial score (nSPS) is 17.6. The zero-order valence-corrected chi connectivity index (χ0v) is 19.6. The van der Waals surface area contributed by atoms with E-state index in [-0.39, 0.29) is 23.7 Å². The van der Waals surface area contributed by atoms with E-state index >= 15 is 0 Å². The number of carboxylic acids is 1. The molecule has 0 radical (unpaired) electrons. The molecule has 3 aromatic rings. The van der Waals surface area contributed by atoms with E-state index in [0.29, 0.717) is 24.1 Å². The van der Waals surface area contributed by atoms with E-state index in [4.69, 9.17) is 11.6 Å². The van der Waals surface area contributed by atoms with Gasteiger partial charge in [-0.3, -0.25) is 14.5 Å². The van der Waals surface area contributed by atoms with Gasteiger partial charge in [0.2, 0.25) is 0 Å². The molecule has 184 valence electrons. The van der Waals surface area contributed by atoms with Crippen molar-refractivity contribution in [2.75, 3.05) is 18.0 Å². The highest BCUT2D eigenvalue weighted by Gasteiger charge is 2.49. The largest absolute Gasteiger partial charge is 0.481 e. The molecule has 9 heteroatoms. The minimum atomic E-state index is -1.46. The van der Waals surface area contributed by atoms with Crippen molar-refractivity contribution >= 4 is 29.8 Å². The highest BCUT2D eigenvalue weighted by Crippen LogP contribution is 2.42. The molecule has 3 aromatic carbocycles. The van der Waals surface area contributed by atoms with E-state index in [9.17, 15) is 19.5 Å². The van der Waals surface area contributed by atoms with E-state index in [0.717, 1.165) is 5.56 Å². The SMILES string of the molecule is NN=Cc1ccc(C2(CC(=O)O)CN(CCc3ccccc3)C(=O)c3ccccc3N2C(N)=O)cc1. The standard InChI is InChI=1S/C27H27N5O4/c28-26(36)32-23-9-5-4-8-22(23)25(35)31(15-14-19-6-2-1-3-7-19)18-27(32,16-24(33)34)21-12-10-20(11-13-21)17-30-29/h1-13,17H,14-16,18,29H2,(H2,28,36)(H,33,34). The third-order valence-corrected chi connectivity index (χ3v) is 6.39. The number of carbonyl (C=O) groups excluding carboxylic acids is 2. The molecule has 1 aliphatic heterocycles. The van der Waals surface area contributed by atoms with E-state index in [1.165, 1.54) is 11.1 Å². The first-order valence-electron chi connectivity index (χ1n) is 11.4. The van der Waals surface area contributed by atoms with Gasteiger partial charge < -0.3 is 21.6 Å². The minimum Gasteiger partial charge on any atom is -0.481 e. The van der Waals surface area contributed by atoms with Crippen LogP contribution in [-0.4, -0.2) is 47.2 Å². The summed E-state index contributed by atoms with van der Waals surface area (Å²) in [6.07, 6.45) is 1.54. The van der Waals surface area contributed by atoms with Crippen LogP contribution in [0.25, 0.3) is 0 Å². The predicted octanol–water partition coefficient (Wildman–Crippen LogP) is 2.93. The number of aliphatic carboxylic acids is 1. The van der Waals surface area contributed by atoms with Crippen LogP contribution in [0, 0.1) is 0 Å². The zero-order chi connectivity index (χ0) is 25.7. The second-order valence-corrected chi connectivity index (χ2v) is 8.66. The number of nitrogens with zero attached hydrogens (tertiary/aromatic N) is 3. The van der Waals surface area contributed by atoms with Crippen LogP contribution in [-0.2, 0) is 16.8 Å². The summed E-state index contributed by atoms with van der Waals surface area (Å²) in [4.78, 5) is 41.8. The first-order valence-corrected chi connectivity index (χ1v) is 11.4. The Kier molecular flexibility index (Phi) is 7.00. The number of amides is 3. The quantitative estimate of drug-likeness (QED) is 0.268. The second kappa shape index (κ2) is 10.3. The van der Waals surface area contributed by atoms with E-state index in [2.05, 4.69) is 5.10 Å². The smallest absolute Gasteiger partial charge is 0.320 e. The molecule has 9 nitrogen and oxygen atoms in total. The van der Waals surface area contributed by atoms with Crippen LogP contribution in [0.1, 0.15) is 33.5 Å². The van der Waals surface area contributed by atoms with Gasteiger partial charge in [-0.1, -0.05) is 66.7 Å². The molecule has 4 rings (SSSR count). The monoisotopic (exact) mass is 485 g/mol. The average Bonchev–Trinajstić information content (AvgIpc) is 2.97. The third-order valence-electron chi connectivity index (χ3n) is 6.39. The molecule has 1 aliphatic rings. The lowest BCUT2D eigenvalue weighted by Crippen LogP contribution is -2.57. The third kappa shape index (κ3) is 4.76. The van der Waals surface area contributed by atoms with Crippen molar-refractivity contribution in [2.45, 2.75) is 18.4 Å². The van der Waals surface area contributed by atoms with Crippen molar-refractivity contribution in [1.82, 2.24) is 4.90 Å². The van der Waals surface area contributed by atoms with Gasteiger partial charge in [-0.15, -0.1) is 0 Å². The number of hydrogen-bond donors (Lipinski definition) is 3. The van der Waals surface area contributed by atoms with Crippen LogP contribution in [0.5, 0.6) is 0 Å². The number of hydrogen-bond acceptors (Lipinski definition) is 5. The van der Waals surface area contributed by atoms with Gasteiger partial charge in [-0.25, -0.2) is 4.79 Å². The van der Waals surface area contributed by atoms with Gasteiger partial charge in [0.1, 0.15) is 5.54 Å². The van der Waals surface area contributed by atoms with E-state index < -0.39 is 24.0 Å². The number of urea groups is 1. The molecule has 1 heterocycles. The summed E-state index contributed by atoms with van der Waals surface area (Å²) in [5.74, 6) is 3.83. The molecule has 0 fully saturated rings. The highest BCUT2D eigenvalue weighted by atomic mass is 16.4. The number of hydrazone groups is 1. The fourth-order valence-electron chi connectivity index (χ4n) is 4.80. The Labute approximate surface area is 208 Å². The summed E-state index contributed by atoms with van der Waals surface area (Å²) in [6.45, 7) is 0.260. The lowest BCUT2D eigenvalue weighted by molar-refractivity contribution is -0.138. The van der Waals surface area contributed by atoms with Crippen molar-refractivity contribution in [3.05, 3.63) is 101 Å². The van der Waals surface area contributed by atoms with Gasteiger partial charge in [0, 0.05) is 13.1 Å². The van der Waals surface area contributed by atoms with Crippen LogP contribution in [0.4, 0.5) is 10.5 Å². The maximum Gasteiger partial charge on any atom is 0.320 e. The van der Waals surface area contributed by atoms with Crippen molar-refractivity contribution in [3.63, 3.8) is 0 Å². The van der Waals surface area contributed by atoms with Gasteiger partial charge in [0.25, 0.3) is 5.91 Å². The molecular weight excluding hydrogens is 458 g/mol. The number of primary amides is 1. The van der Waals surface area contributed by atoms with Crippen molar-refractivity contribution in [2.24, 2.45) is 16.7 Å². The molecule has 1 atom stereocenters. The maximum absolute atomic E-state index is 13.7. The minimum absolute atomic E-state index is 0.0626. The first kappa shape index (κ1) is 24.5. The predicted molar refractivity (Wildman–Crippen MR) is 137 cm³/mol. The summed E-state index contributed by atoms with van der Waals surface area (Å²) in [5.41, 5.74) is 7.24. The Bertz CT molecular complexity index is 1290. The summed E-state index contributed by atoms with van der Waals surface area (Å²) in [5, 5.41) is 13.5. The van der Waals surface area contributed by atoms with Gasteiger partial charge in [0.15, 0.2) is 0 Å². The molecule has 5 N–H and O–H groups in total. The molecule has 0 aromatic heterocycles. The van der Waals surface area contributed by atoms with Crippen molar-refractivity contribution in [3.8, 4) is 0 Å². The average molecular weight is 486 g/mol. The van der Waals surface area contributed by atoms with Gasteiger partial charge in [-0.2, -0.15) is 5.10 Å². The Morgan fingerprint density at radius 2 is 1.67 bits per heavy atom. The number of carbonyl (C=O) groups is 3. The fraction of sp³-hybridized carbons (Fsp3) is 0.185. The Hall–Kier alpha value is -4.66. The number of nitrogens with two attached hydrogens (primary N) is 2. The van der Waals surface area contributed by atoms with Crippen LogP contribution in [0.3, 0.4) is 0 Å². The molecule has 0 spiro atoms. The first-order chi connectivity index (χ1) is 17.4. The Balaban J connectivity index is 1.90. The maximum atomic E-state index is 13.7. The second-order valence-electron chi connectivity index (χ2n) is 8.66. The molecule has 3 amide bonds. The Morgan fingerprint density at radius 3 is 2.31 bits per heavy atom. The fourth-order valence-corrected chi connectivity index (χ4v) is 4.80. The van der Waals surface area contributed by atoms with Gasteiger partial charge in [0.05, 0.1) is 23.9 Å². The van der Waals surface area contributed by atoms with Gasteiger partial charge in [-0.05, 0) is 35.2 Å². The summed E-state index contributed by atoms with van der Waals surface area (Å²) in [6, 6.07) is 22.3. The summed E-state index contributed by atoms with van der Waals surface area (Å²) >= 11 is 0. The summed E-state index contributed by atoms with van der Waals surface area (Å²) in [7, 11) is 0. The number of para-hydroxylation sites is 1. The topological polar surface area (TPSA) is 142 Å². The molecule has 1 unspecified atom stereocenters. The van der Waals surface area contributed by atoms with Crippen molar-refractivity contribution < 1.29 is 19.5 Å². The lowest BCUT2D eigenvalue weighted by atomic mass is 9.83. The van der Waals surface area contributed by atoms with Gasteiger partial charge >= 0.3 is 12.0 Å². The Morgan fingerprint density at radius 1 is 1.00 bits per heavy atom. The van der Waals surface area contributed by atoms with Crippen molar-refractivity contribution in [1.29, 1.82) is 0 Å². The highest BCUT2D eigenvalue weighted by molar-refractivity contribution is 6.06. The number of anilines is 1. The lowest BCUT2D eigenvalue weighted by Gasteiger charge is -2.43. The van der Waals surface area contributed by atoms with E-state index in [1.807, 2.05) is 30.3 Å². The molecule has 0 bridgehead atoms.